The first-order valence-corrected chi connectivity index (χ1v) is 7.54. The van der Waals surface area contributed by atoms with E-state index in [9.17, 15) is 0 Å². The summed E-state index contributed by atoms with van der Waals surface area (Å²) in [4.78, 5) is 0. The molecule has 0 aliphatic rings. The van der Waals surface area contributed by atoms with Crippen molar-refractivity contribution < 1.29 is 4.52 Å². The third kappa shape index (κ3) is 2.86. The number of fused-ring (bicyclic) bond motifs is 1. The first kappa shape index (κ1) is 13.7. The predicted molar refractivity (Wildman–Crippen MR) is 88.6 cm³/mol. The Hall–Kier alpha value is -2.92. The van der Waals surface area contributed by atoms with E-state index in [2.05, 4.69) is 26.7 Å². The van der Waals surface area contributed by atoms with E-state index in [1.165, 1.54) is 0 Å². The molecule has 114 valence electrons. The van der Waals surface area contributed by atoms with Crippen LogP contribution in [0.15, 0.2) is 65.2 Å². The first-order chi connectivity index (χ1) is 11.4. The van der Waals surface area contributed by atoms with Crippen LogP contribution >= 0.6 is 0 Å². The van der Waals surface area contributed by atoms with Crippen molar-refractivity contribution >= 4 is 10.9 Å². The number of para-hydroxylation sites is 1. The molecule has 5 heteroatoms. The fraction of sp³-hybridized carbons (Fsp3) is 0.111. The van der Waals surface area contributed by atoms with Gasteiger partial charge in [0.05, 0.1) is 16.9 Å². The lowest BCUT2D eigenvalue weighted by Crippen LogP contribution is -2.13. The monoisotopic (exact) mass is 304 g/mol. The Morgan fingerprint density at radius 3 is 2.70 bits per heavy atom. The van der Waals surface area contributed by atoms with Crippen molar-refractivity contribution in [3.63, 3.8) is 0 Å². The van der Waals surface area contributed by atoms with Gasteiger partial charge >= 0.3 is 0 Å². The summed E-state index contributed by atoms with van der Waals surface area (Å²) < 4.78 is 5.40. The van der Waals surface area contributed by atoms with Crippen LogP contribution in [0, 0.1) is 0 Å². The van der Waals surface area contributed by atoms with Crippen LogP contribution in [-0.2, 0) is 13.1 Å². The molecule has 0 saturated heterocycles. The van der Waals surface area contributed by atoms with E-state index in [1.807, 2.05) is 54.6 Å². The van der Waals surface area contributed by atoms with E-state index in [-0.39, 0.29) is 0 Å². The highest BCUT2D eigenvalue weighted by Crippen LogP contribution is 2.20. The van der Waals surface area contributed by atoms with Crippen LogP contribution in [0.5, 0.6) is 0 Å². The zero-order valence-electron chi connectivity index (χ0n) is 12.5. The summed E-state index contributed by atoms with van der Waals surface area (Å²) in [5.74, 6) is 0.786. The predicted octanol–water partition coefficient (Wildman–Crippen LogP) is 3.51. The second-order valence-electron chi connectivity index (χ2n) is 5.37. The Morgan fingerprint density at radius 1 is 0.957 bits per heavy atom. The quantitative estimate of drug-likeness (QED) is 0.592. The summed E-state index contributed by atoms with van der Waals surface area (Å²) in [6.45, 7) is 1.34. The summed E-state index contributed by atoms with van der Waals surface area (Å²) in [6.07, 6.45) is 0. The first-order valence-electron chi connectivity index (χ1n) is 7.54. The molecule has 0 bridgehead atoms. The van der Waals surface area contributed by atoms with Gasteiger partial charge in [0.1, 0.15) is 0 Å². The molecule has 5 nitrogen and oxygen atoms in total. The van der Waals surface area contributed by atoms with Crippen LogP contribution in [0.25, 0.3) is 22.2 Å². The van der Waals surface area contributed by atoms with Crippen LogP contribution in [0.1, 0.15) is 11.4 Å². The third-order valence-corrected chi connectivity index (χ3v) is 3.77. The van der Waals surface area contributed by atoms with E-state index in [0.717, 1.165) is 33.6 Å². The lowest BCUT2D eigenvalue weighted by molar-refractivity contribution is 0.420. The molecule has 4 rings (SSSR count). The van der Waals surface area contributed by atoms with Gasteiger partial charge in [-0.15, -0.1) is 0 Å². The van der Waals surface area contributed by atoms with Crippen molar-refractivity contribution in [2.24, 2.45) is 0 Å². The van der Waals surface area contributed by atoms with Crippen molar-refractivity contribution in [1.29, 1.82) is 0 Å². The Bertz CT molecular complexity index is 911. The van der Waals surface area contributed by atoms with Gasteiger partial charge < -0.3 is 9.84 Å². The molecule has 0 fully saturated rings. The number of hydrogen-bond donors (Lipinski definition) is 2. The van der Waals surface area contributed by atoms with E-state index in [1.54, 1.807) is 0 Å². The maximum absolute atomic E-state index is 5.40. The highest BCUT2D eigenvalue weighted by atomic mass is 16.5. The van der Waals surface area contributed by atoms with Crippen LogP contribution in [0.4, 0.5) is 0 Å². The Balaban J connectivity index is 1.41. The van der Waals surface area contributed by atoms with Crippen molar-refractivity contribution in [3.05, 3.63) is 72.1 Å². The number of nitrogens with zero attached hydrogens (tertiary/aromatic N) is 2. The molecular formula is C18H16N4O. The highest BCUT2D eigenvalue weighted by Gasteiger charge is 2.07. The molecule has 4 aromatic rings. The summed E-state index contributed by atoms with van der Waals surface area (Å²) in [6, 6.07) is 20.0. The van der Waals surface area contributed by atoms with Crippen LogP contribution in [0.2, 0.25) is 0 Å². The molecule has 0 unspecified atom stereocenters. The zero-order chi connectivity index (χ0) is 15.5. The molecule has 0 atom stereocenters. The summed E-state index contributed by atoms with van der Waals surface area (Å²) in [5.41, 5.74) is 3.97. The van der Waals surface area contributed by atoms with Gasteiger partial charge in [0.15, 0.2) is 5.76 Å². The molecule has 0 spiro atoms. The molecule has 0 saturated carbocycles. The number of benzene rings is 2. The molecule has 0 radical (unpaired) electrons. The lowest BCUT2D eigenvalue weighted by atomic mass is 10.1. The molecular weight excluding hydrogens is 288 g/mol. The largest absolute Gasteiger partial charge is 0.356 e. The minimum atomic E-state index is 0.643. The Kier molecular flexibility index (Phi) is 3.62. The second kappa shape index (κ2) is 6.06. The minimum absolute atomic E-state index is 0.643. The minimum Gasteiger partial charge on any atom is -0.356 e. The summed E-state index contributed by atoms with van der Waals surface area (Å²) in [5, 5.41) is 16.0. The molecule has 0 aliphatic heterocycles. The van der Waals surface area contributed by atoms with Gasteiger partial charge in [-0.3, -0.25) is 5.10 Å². The van der Waals surface area contributed by atoms with Crippen molar-refractivity contribution in [1.82, 2.24) is 20.7 Å². The van der Waals surface area contributed by atoms with Gasteiger partial charge in [-0.1, -0.05) is 53.7 Å². The topological polar surface area (TPSA) is 66.7 Å². The Morgan fingerprint density at radius 2 is 1.78 bits per heavy atom. The Labute approximate surface area is 133 Å². The standard InChI is InChI=1S/C18H16N4O/c1-2-6-13(7-3-1)18-10-14(22-23-18)11-19-12-17-15-8-4-5-9-16(15)20-21-17/h1-10,19H,11-12H2,(H,20,21). The van der Waals surface area contributed by atoms with Gasteiger partial charge in [0.2, 0.25) is 0 Å². The maximum Gasteiger partial charge on any atom is 0.167 e. The number of hydrogen-bond acceptors (Lipinski definition) is 4. The molecule has 2 heterocycles. The van der Waals surface area contributed by atoms with Crippen molar-refractivity contribution in [2.75, 3.05) is 0 Å². The van der Waals surface area contributed by atoms with Gasteiger partial charge in [0, 0.05) is 30.1 Å². The average molecular weight is 304 g/mol. The summed E-state index contributed by atoms with van der Waals surface area (Å²) in [7, 11) is 0. The van der Waals surface area contributed by atoms with Crippen molar-refractivity contribution in [2.45, 2.75) is 13.1 Å². The lowest BCUT2D eigenvalue weighted by Gasteiger charge is -2.00. The van der Waals surface area contributed by atoms with Gasteiger partial charge in [-0.2, -0.15) is 5.10 Å². The van der Waals surface area contributed by atoms with Crippen LogP contribution in [-0.4, -0.2) is 15.4 Å². The number of aromatic nitrogens is 3. The smallest absolute Gasteiger partial charge is 0.167 e. The SMILES string of the molecule is c1ccc(-c2cc(CNCc3[nH]nc4ccccc34)no2)cc1. The highest BCUT2D eigenvalue weighted by molar-refractivity contribution is 5.81. The molecule has 2 N–H and O–H groups in total. The fourth-order valence-electron chi connectivity index (χ4n) is 2.60. The third-order valence-electron chi connectivity index (χ3n) is 3.77. The van der Waals surface area contributed by atoms with Crippen LogP contribution < -0.4 is 5.32 Å². The zero-order valence-corrected chi connectivity index (χ0v) is 12.5. The molecule has 0 aliphatic carbocycles. The van der Waals surface area contributed by atoms with Gasteiger partial charge in [0.25, 0.3) is 0 Å². The summed E-state index contributed by atoms with van der Waals surface area (Å²) >= 11 is 0. The van der Waals surface area contributed by atoms with E-state index < -0.39 is 0 Å². The van der Waals surface area contributed by atoms with Crippen molar-refractivity contribution in [3.8, 4) is 11.3 Å². The number of rotatable bonds is 5. The molecule has 0 amide bonds. The number of nitrogens with one attached hydrogen (secondary N) is 2. The molecule has 23 heavy (non-hydrogen) atoms. The maximum atomic E-state index is 5.40. The van der Waals surface area contributed by atoms with Crippen LogP contribution in [0.3, 0.4) is 0 Å². The molecule has 2 aromatic heterocycles. The fourth-order valence-corrected chi connectivity index (χ4v) is 2.60. The normalized spacial score (nSPS) is 11.1. The van der Waals surface area contributed by atoms with Gasteiger partial charge in [-0.25, -0.2) is 0 Å². The second-order valence-corrected chi connectivity index (χ2v) is 5.37. The number of aromatic amines is 1. The van der Waals surface area contributed by atoms with E-state index >= 15 is 0 Å². The van der Waals surface area contributed by atoms with E-state index in [0.29, 0.717) is 13.1 Å². The van der Waals surface area contributed by atoms with Gasteiger partial charge in [-0.05, 0) is 6.07 Å². The number of H-pyrrole nitrogens is 1. The van der Waals surface area contributed by atoms with E-state index in [4.69, 9.17) is 4.52 Å². The average Bonchev–Trinajstić information content (AvgIpc) is 3.23. The molecule has 2 aromatic carbocycles.